The highest BCUT2D eigenvalue weighted by Crippen LogP contribution is 2.36. The number of piperidine rings is 1. The van der Waals surface area contributed by atoms with Crippen LogP contribution in [-0.2, 0) is 9.63 Å². The number of benzene rings is 1. The number of amides is 1. The van der Waals surface area contributed by atoms with Crippen molar-refractivity contribution in [2.75, 3.05) is 32.5 Å². The fraction of sp³-hybridized carbons (Fsp3) is 0.481. The van der Waals surface area contributed by atoms with Crippen molar-refractivity contribution in [3.05, 3.63) is 46.5 Å². The van der Waals surface area contributed by atoms with Gasteiger partial charge < -0.3 is 20.7 Å². The molecule has 0 radical (unpaired) electrons. The van der Waals surface area contributed by atoms with Crippen LogP contribution in [0.3, 0.4) is 0 Å². The van der Waals surface area contributed by atoms with Gasteiger partial charge in [0.15, 0.2) is 5.76 Å². The molecule has 0 bridgehead atoms. The normalized spacial score (nSPS) is 16.1. The lowest BCUT2D eigenvalue weighted by molar-refractivity contribution is -0.131. The first-order chi connectivity index (χ1) is 18.4. The van der Waals surface area contributed by atoms with Gasteiger partial charge in [-0.2, -0.15) is 18.7 Å². The van der Waals surface area contributed by atoms with Crippen LogP contribution in [0.15, 0.2) is 34.5 Å². The maximum Gasteiger partial charge on any atom is 0.420 e. The largest absolute Gasteiger partial charge is 0.493 e. The number of nitrogens with two attached hydrogens (primary N) is 1. The van der Waals surface area contributed by atoms with E-state index in [0.29, 0.717) is 22.7 Å². The number of fused-ring (bicyclic) bond motifs is 1. The van der Waals surface area contributed by atoms with E-state index in [0.717, 1.165) is 32.1 Å². The molecular weight excluding hydrogens is 518 g/mol. The molecule has 12 heteroatoms. The van der Waals surface area contributed by atoms with Gasteiger partial charge in [-0.1, -0.05) is 6.42 Å². The SMILES string of the molecule is CN=C(C)/C(ONC(=O)CCCCN1CCCCC1)=C(\C=C\c1c(O)n(N)c2c(F)cc(C)cc12)C(F)(F)F. The van der Waals surface area contributed by atoms with Crippen molar-refractivity contribution < 1.29 is 32.3 Å². The Bertz CT molecular complexity index is 1270. The third kappa shape index (κ3) is 7.53. The summed E-state index contributed by atoms with van der Waals surface area (Å²) in [7, 11) is 1.29. The number of carbonyl (C=O) groups is 1. The van der Waals surface area contributed by atoms with E-state index >= 15 is 0 Å². The lowest BCUT2D eigenvalue weighted by Crippen LogP contribution is -2.31. The number of allylic oxidation sites excluding steroid dienone is 3. The zero-order chi connectivity index (χ0) is 28.7. The number of alkyl halides is 3. The first-order valence-electron chi connectivity index (χ1n) is 12.8. The molecule has 0 saturated carbocycles. The molecular formula is C27H35F4N5O3. The van der Waals surface area contributed by atoms with Gasteiger partial charge in [-0.05, 0) is 89.0 Å². The van der Waals surface area contributed by atoms with Crippen LogP contribution in [0.25, 0.3) is 17.0 Å². The average molecular weight is 554 g/mol. The summed E-state index contributed by atoms with van der Waals surface area (Å²) in [4.78, 5) is 23.6. The van der Waals surface area contributed by atoms with Crippen LogP contribution in [0.4, 0.5) is 17.6 Å². The molecule has 1 aromatic heterocycles. The number of hydrogen-bond acceptors (Lipinski definition) is 6. The summed E-state index contributed by atoms with van der Waals surface area (Å²) in [5.41, 5.74) is 0.933. The number of hydrogen-bond donors (Lipinski definition) is 3. The predicted molar refractivity (Wildman–Crippen MR) is 143 cm³/mol. The summed E-state index contributed by atoms with van der Waals surface area (Å²) in [6.45, 7) is 5.88. The Morgan fingerprint density at radius 3 is 2.56 bits per heavy atom. The average Bonchev–Trinajstić information content (AvgIpc) is 3.12. The predicted octanol–water partition coefficient (Wildman–Crippen LogP) is 5.13. The van der Waals surface area contributed by atoms with Gasteiger partial charge in [-0.25, -0.2) is 9.07 Å². The number of rotatable bonds is 10. The van der Waals surface area contributed by atoms with Crippen LogP contribution in [0, 0.1) is 12.7 Å². The summed E-state index contributed by atoms with van der Waals surface area (Å²) < 4.78 is 57.6. The molecule has 0 unspecified atom stereocenters. The smallest absolute Gasteiger partial charge is 0.420 e. The Balaban J connectivity index is 1.81. The van der Waals surface area contributed by atoms with Crippen molar-refractivity contribution in [2.24, 2.45) is 4.99 Å². The number of nitrogen functional groups attached to an aromatic ring is 1. The number of aryl methyl sites for hydroxylation is 1. The van der Waals surface area contributed by atoms with Crippen LogP contribution >= 0.6 is 0 Å². The first-order valence-corrected chi connectivity index (χ1v) is 12.8. The minimum Gasteiger partial charge on any atom is -0.493 e. The lowest BCUT2D eigenvalue weighted by atomic mass is 10.1. The van der Waals surface area contributed by atoms with E-state index in [2.05, 4.69) is 15.4 Å². The Labute approximate surface area is 224 Å². The van der Waals surface area contributed by atoms with Crippen LogP contribution in [0.5, 0.6) is 5.88 Å². The summed E-state index contributed by atoms with van der Waals surface area (Å²) >= 11 is 0. The summed E-state index contributed by atoms with van der Waals surface area (Å²) in [6, 6.07) is 2.70. The van der Waals surface area contributed by atoms with Gasteiger partial charge in [0.25, 0.3) is 5.91 Å². The van der Waals surface area contributed by atoms with Crippen LogP contribution < -0.4 is 11.3 Å². The number of likely N-dealkylation sites (tertiary alicyclic amines) is 1. The minimum atomic E-state index is -4.92. The number of nitrogens with one attached hydrogen (secondary N) is 1. The first kappa shape index (κ1) is 30.0. The topological polar surface area (TPSA) is 105 Å². The molecule has 8 nitrogen and oxygen atoms in total. The second-order valence-electron chi connectivity index (χ2n) is 9.62. The molecule has 1 aliphatic rings. The number of halogens is 4. The molecule has 4 N–H and O–H groups in total. The maximum absolute atomic E-state index is 14.4. The summed E-state index contributed by atoms with van der Waals surface area (Å²) in [6.07, 6.45) is 1.74. The third-order valence-corrected chi connectivity index (χ3v) is 6.68. The third-order valence-electron chi connectivity index (χ3n) is 6.68. The Morgan fingerprint density at radius 2 is 1.92 bits per heavy atom. The highest BCUT2D eigenvalue weighted by Gasteiger charge is 2.37. The standard InChI is InChI=1S/C27H35F4N5O3/c1-17-15-20-19(26(38)36(32)24(20)22(28)16-17)10-11-21(27(29,30)31)25(18(2)33-3)39-34-23(37)9-5-8-14-35-12-6-4-7-13-35/h10-11,15-16,38H,4-9,12-14,32H2,1-3H3,(H,34,37)/b11-10+,25-21-,33-18?. The highest BCUT2D eigenvalue weighted by atomic mass is 19.4. The monoisotopic (exact) mass is 553 g/mol. The van der Waals surface area contributed by atoms with Gasteiger partial charge in [0.2, 0.25) is 5.88 Å². The molecule has 0 spiro atoms. The second kappa shape index (κ2) is 13.0. The van der Waals surface area contributed by atoms with Crippen LogP contribution in [0.2, 0.25) is 0 Å². The number of aliphatic imine (C=N–C) groups is 1. The molecule has 1 saturated heterocycles. The summed E-state index contributed by atoms with van der Waals surface area (Å²) in [5, 5.41) is 10.5. The van der Waals surface area contributed by atoms with Crippen molar-refractivity contribution in [2.45, 2.75) is 58.5 Å². The van der Waals surface area contributed by atoms with Gasteiger partial charge in [0, 0.05) is 24.4 Å². The lowest BCUT2D eigenvalue weighted by Gasteiger charge is -2.26. The molecule has 0 aliphatic carbocycles. The van der Waals surface area contributed by atoms with Gasteiger partial charge >= 0.3 is 6.18 Å². The Morgan fingerprint density at radius 1 is 1.23 bits per heavy atom. The molecule has 39 heavy (non-hydrogen) atoms. The van der Waals surface area contributed by atoms with Gasteiger partial charge in [-0.3, -0.25) is 9.79 Å². The molecule has 2 aromatic rings. The van der Waals surface area contributed by atoms with Gasteiger partial charge in [-0.15, -0.1) is 0 Å². The number of aromatic hydroxyl groups is 1. The molecule has 3 rings (SSSR count). The zero-order valence-electron chi connectivity index (χ0n) is 22.4. The van der Waals surface area contributed by atoms with Gasteiger partial charge in [0.1, 0.15) is 16.9 Å². The molecule has 1 amide bonds. The quantitative estimate of drug-likeness (QED) is 0.0720. The van der Waals surface area contributed by atoms with Crippen molar-refractivity contribution in [3.63, 3.8) is 0 Å². The van der Waals surface area contributed by atoms with Gasteiger partial charge in [0.05, 0.1) is 5.71 Å². The van der Waals surface area contributed by atoms with E-state index in [9.17, 15) is 27.5 Å². The molecule has 1 aromatic carbocycles. The van der Waals surface area contributed by atoms with Crippen molar-refractivity contribution in [1.82, 2.24) is 15.1 Å². The van der Waals surface area contributed by atoms with E-state index < -0.39 is 35.1 Å². The molecule has 0 atom stereocenters. The van der Waals surface area contributed by atoms with E-state index in [1.54, 1.807) is 6.92 Å². The number of unbranched alkanes of at least 4 members (excludes halogenated alkanes) is 1. The minimum absolute atomic E-state index is 0.0927. The number of hydroxylamine groups is 1. The fourth-order valence-electron chi connectivity index (χ4n) is 4.56. The van der Waals surface area contributed by atoms with E-state index in [4.69, 9.17) is 10.7 Å². The second-order valence-corrected chi connectivity index (χ2v) is 9.62. The van der Waals surface area contributed by atoms with Crippen LogP contribution in [0.1, 0.15) is 56.6 Å². The fourth-order valence-corrected chi connectivity index (χ4v) is 4.56. The molecule has 214 valence electrons. The maximum atomic E-state index is 14.4. The zero-order valence-corrected chi connectivity index (χ0v) is 22.4. The molecule has 1 fully saturated rings. The number of nitrogens with zero attached hydrogens (tertiary/aromatic N) is 3. The molecule has 2 heterocycles. The van der Waals surface area contributed by atoms with Crippen molar-refractivity contribution >= 4 is 28.6 Å². The molecule has 1 aliphatic heterocycles. The highest BCUT2D eigenvalue weighted by molar-refractivity contribution is 5.98. The Hall–Kier alpha value is -3.54. The van der Waals surface area contributed by atoms with Crippen LogP contribution in [-0.4, -0.2) is 59.2 Å². The number of carbonyl (C=O) groups excluding carboxylic acids is 1. The van der Waals surface area contributed by atoms with E-state index in [1.807, 2.05) is 0 Å². The number of aromatic nitrogens is 1. The Kier molecular flexibility index (Phi) is 10.0. The van der Waals surface area contributed by atoms with E-state index in [-0.39, 0.29) is 28.6 Å². The van der Waals surface area contributed by atoms with Crippen molar-refractivity contribution in [3.8, 4) is 5.88 Å². The van der Waals surface area contributed by atoms with E-state index in [1.165, 1.54) is 45.4 Å². The summed E-state index contributed by atoms with van der Waals surface area (Å²) in [5.74, 6) is 3.13. The van der Waals surface area contributed by atoms with Crippen molar-refractivity contribution in [1.29, 1.82) is 0 Å².